The first-order valence-corrected chi connectivity index (χ1v) is 6.70. The van der Waals surface area contributed by atoms with Crippen molar-refractivity contribution < 1.29 is 14.7 Å². The Morgan fingerprint density at radius 2 is 2.20 bits per heavy atom. The largest absolute Gasteiger partial charge is 0.481 e. The van der Waals surface area contributed by atoms with Gasteiger partial charge >= 0.3 is 5.97 Å². The molecule has 1 aromatic heterocycles. The van der Waals surface area contributed by atoms with Crippen LogP contribution in [0, 0.1) is 5.92 Å². The zero-order chi connectivity index (χ0) is 14.1. The number of aromatic nitrogens is 1. The maximum absolute atomic E-state index is 11.8. The molecular weight excluding hydrogens is 256 g/mol. The van der Waals surface area contributed by atoms with E-state index in [1.165, 1.54) is 0 Å². The fraction of sp³-hybridized carbons (Fsp3) is 0.333. The molecule has 1 saturated heterocycles. The summed E-state index contributed by atoms with van der Waals surface area (Å²) in [6.45, 7) is 0.904. The number of rotatable bonds is 4. The summed E-state index contributed by atoms with van der Waals surface area (Å²) in [7, 11) is 0. The smallest absolute Gasteiger partial charge is 0.308 e. The highest BCUT2D eigenvalue weighted by Gasteiger charge is 2.33. The minimum absolute atomic E-state index is 0.0581. The van der Waals surface area contributed by atoms with Crippen molar-refractivity contribution in [3.8, 4) is 0 Å². The first kappa shape index (κ1) is 12.7. The van der Waals surface area contributed by atoms with Crippen LogP contribution in [0.15, 0.2) is 30.5 Å². The molecule has 1 fully saturated rings. The lowest BCUT2D eigenvalue weighted by Gasteiger charge is -2.15. The van der Waals surface area contributed by atoms with E-state index in [0.717, 1.165) is 22.9 Å². The number of benzene rings is 1. The van der Waals surface area contributed by atoms with Gasteiger partial charge in [0.2, 0.25) is 5.91 Å². The third-order valence-corrected chi connectivity index (χ3v) is 3.89. The number of aliphatic carboxylic acids is 1. The number of hydrogen-bond acceptors (Lipinski definition) is 2. The second kappa shape index (κ2) is 5.00. The molecule has 1 aliphatic rings. The van der Waals surface area contributed by atoms with Gasteiger partial charge in [-0.2, -0.15) is 0 Å². The Morgan fingerprint density at radius 3 is 2.95 bits per heavy atom. The third kappa shape index (κ3) is 2.27. The van der Waals surface area contributed by atoms with Crippen LogP contribution in [0.1, 0.15) is 12.0 Å². The molecule has 104 valence electrons. The maximum atomic E-state index is 11.8. The van der Waals surface area contributed by atoms with Crippen LogP contribution in [-0.4, -0.2) is 40.0 Å². The number of carboxylic acid groups (broad SMARTS) is 1. The van der Waals surface area contributed by atoms with Crippen LogP contribution in [0.4, 0.5) is 0 Å². The zero-order valence-corrected chi connectivity index (χ0v) is 11.0. The Labute approximate surface area is 116 Å². The van der Waals surface area contributed by atoms with Crippen molar-refractivity contribution in [1.82, 2.24) is 9.88 Å². The summed E-state index contributed by atoms with van der Waals surface area (Å²) in [6, 6.07) is 8.03. The standard InChI is InChI=1S/C15H16N2O3/c18-14-7-11(15(19)20)9-17(14)6-5-10-8-16-13-4-2-1-3-12(10)13/h1-4,8,11,16H,5-7,9H2,(H,19,20)/t11-/m0/s1. The molecule has 3 rings (SSSR count). The molecule has 2 aromatic rings. The highest BCUT2D eigenvalue weighted by atomic mass is 16.4. The number of likely N-dealkylation sites (tertiary alicyclic amines) is 1. The molecule has 1 aromatic carbocycles. The molecule has 5 nitrogen and oxygen atoms in total. The van der Waals surface area contributed by atoms with Gasteiger partial charge in [0, 0.05) is 36.6 Å². The molecule has 0 aliphatic carbocycles. The van der Waals surface area contributed by atoms with Gasteiger partial charge in [0.1, 0.15) is 0 Å². The molecule has 0 unspecified atom stereocenters. The van der Waals surface area contributed by atoms with Gasteiger partial charge in [-0.25, -0.2) is 0 Å². The predicted octanol–water partition coefficient (Wildman–Crippen LogP) is 1.64. The molecule has 0 saturated carbocycles. The van der Waals surface area contributed by atoms with Crippen LogP contribution in [0.3, 0.4) is 0 Å². The van der Waals surface area contributed by atoms with E-state index in [9.17, 15) is 9.59 Å². The zero-order valence-electron chi connectivity index (χ0n) is 11.0. The summed E-state index contributed by atoms with van der Waals surface area (Å²) in [5, 5.41) is 10.1. The molecule has 5 heteroatoms. The fourth-order valence-electron chi connectivity index (χ4n) is 2.75. The van der Waals surface area contributed by atoms with Crippen LogP contribution in [0.5, 0.6) is 0 Å². The van der Waals surface area contributed by atoms with E-state index in [4.69, 9.17) is 5.11 Å². The van der Waals surface area contributed by atoms with Gasteiger partial charge in [-0.3, -0.25) is 9.59 Å². The van der Waals surface area contributed by atoms with Crippen LogP contribution < -0.4 is 0 Å². The van der Waals surface area contributed by atoms with E-state index < -0.39 is 11.9 Å². The first-order chi connectivity index (χ1) is 9.65. The Morgan fingerprint density at radius 1 is 1.40 bits per heavy atom. The summed E-state index contributed by atoms with van der Waals surface area (Å²) in [4.78, 5) is 27.5. The molecule has 1 amide bonds. The van der Waals surface area contributed by atoms with Crippen LogP contribution >= 0.6 is 0 Å². The molecule has 1 atom stereocenters. The van der Waals surface area contributed by atoms with E-state index in [-0.39, 0.29) is 12.3 Å². The number of para-hydroxylation sites is 1. The average Bonchev–Trinajstić information content (AvgIpc) is 3.00. The number of hydrogen-bond donors (Lipinski definition) is 2. The van der Waals surface area contributed by atoms with Crippen LogP contribution in [0.25, 0.3) is 10.9 Å². The summed E-state index contributed by atoms with van der Waals surface area (Å²) < 4.78 is 0. The van der Waals surface area contributed by atoms with Crippen molar-refractivity contribution >= 4 is 22.8 Å². The molecular formula is C15H16N2O3. The molecule has 0 radical (unpaired) electrons. The normalized spacial score (nSPS) is 18.9. The van der Waals surface area contributed by atoms with Gasteiger partial charge in [-0.15, -0.1) is 0 Å². The van der Waals surface area contributed by atoms with Crippen LogP contribution in [0.2, 0.25) is 0 Å². The summed E-state index contributed by atoms with van der Waals surface area (Å²) in [6.07, 6.45) is 2.82. The van der Waals surface area contributed by atoms with Gasteiger partial charge in [0.15, 0.2) is 0 Å². The Kier molecular flexibility index (Phi) is 3.18. The van der Waals surface area contributed by atoms with Crippen molar-refractivity contribution in [1.29, 1.82) is 0 Å². The van der Waals surface area contributed by atoms with Crippen molar-refractivity contribution in [2.24, 2.45) is 5.92 Å². The molecule has 0 spiro atoms. The lowest BCUT2D eigenvalue weighted by atomic mass is 10.1. The first-order valence-electron chi connectivity index (χ1n) is 6.70. The van der Waals surface area contributed by atoms with E-state index in [1.807, 2.05) is 30.5 Å². The summed E-state index contributed by atoms with van der Waals surface area (Å²) in [5.41, 5.74) is 2.24. The molecule has 0 bridgehead atoms. The van der Waals surface area contributed by atoms with E-state index in [2.05, 4.69) is 4.98 Å². The second-order valence-electron chi connectivity index (χ2n) is 5.19. The topological polar surface area (TPSA) is 73.4 Å². The number of carbonyl (C=O) groups is 2. The monoisotopic (exact) mass is 272 g/mol. The van der Waals surface area contributed by atoms with E-state index >= 15 is 0 Å². The Balaban J connectivity index is 1.68. The van der Waals surface area contributed by atoms with Gasteiger partial charge in [-0.1, -0.05) is 18.2 Å². The molecule has 2 heterocycles. The number of fused-ring (bicyclic) bond motifs is 1. The van der Waals surface area contributed by atoms with E-state index in [1.54, 1.807) is 4.90 Å². The van der Waals surface area contributed by atoms with Crippen molar-refractivity contribution in [3.63, 3.8) is 0 Å². The van der Waals surface area contributed by atoms with Gasteiger partial charge < -0.3 is 15.0 Å². The average molecular weight is 272 g/mol. The van der Waals surface area contributed by atoms with Crippen molar-refractivity contribution in [2.75, 3.05) is 13.1 Å². The van der Waals surface area contributed by atoms with Gasteiger partial charge in [0.05, 0.1) is 5.92 Å². The molecule has 20 heavy (non-hydrogen) atoms. The van der Waals surface area contributed by atoms with Crippen molar-refractivity contribution in [2.45, 2.75) is 12.8 Å². The summed E-state index contributed by atoms with van der Waals surface area (Å²) in [5.74, 6) is -1.49. The number of carbonyl (C=O) groups excluding carboxylic acids is 1. The lowest BCUT2D eigenvalue weighted by Crippen LogP contribution is -2.28. The highest BCUT2D eigenvalue weighted by molar-refractivity contribution is 5.86. The summed E-state index contributed by atoms with van der Waals surface area (Å²) >= 11 is 0. The number of nitrogens with one attached hydrogen (secondary N) is 1. The number of amides is 1. The number of aromatic amines is 1. The molecule has 1 aliphatic heterocycles. The highest BCUT2D eigenvalue weighted by Crippen LogP contribution is 2.21. The predicted molar refractivity (Wildman–Crippen MR) is 74.3 cm³/mol. The minimum Gasteiger partial charge on any atom is -0.481 e. The minimum atomic E-state index is -0.882. The quantitative estimate of drug-likeness (QED) is 0.888. The fourth-order valence-corrected chi connectivity index (χ4v) is 2.75. The molecule has 2 N–H and O–H groups in total. The van der Waals surface area contributed by atoms with Crippen LogP contribution in [-0.2, 0) is 16.0 Å². The number of H-pyrrole nitrogens is 1. The lowest BCUT2D eigenvalue weighted by molar-refractivity contribution is -0.141. The Hall–Kier alpha value is -2.30. The van der Waals surface area contributed by atoms with E-state index in [0.29, 0.717) is 13.1 Å². The SMILES string of the molecule is O=C(O)[C@H]1CC(=O)N(CCc2c[nH]c3ccccc23)C1. The van der Waals surface area contributed by atoms with Gasteiger partial charge in [-0.05, 0) is 18.1 Å². The third-order valence-electron chi connectivity index (χ3n) is 3.89. The Bertz CT molecular complexity index is 662. The van der Waals surface area contributed by atoms with Gasteiger partial charge in [0.25, 0.3) is 0 Å². The maximum Gasteiger partial charge on any atom is 0.308 e. The number of nitrogens with zero attached hydrogens (tertiary/aromatic N) is 1. The number of carboxylic acids is 1. The van der Waals surface area contributed by atoms with Crippen molar-refractivity contribution in [3.05, 3.63) is 36.0 Å². The second-order valence-corrected chi connectivity index (χ2v) is 5.19.